The molecule has 1 spiro atoms. The van der Waals surface area contributed by atoms with E-state index >= 15 is 0 Å². The monoisotopic (exact) mass is 348 g/mol. The lowest BCUT2D eigenvalue weighted by Crippen LogP contribution is -2.72. The third-order valence-corrected chi connectivity index (χ3v) is 7.35. The van der Waals surface area contributed by atoms with Gasteiger partial charge >= 0.3 is 0 Å². The van der Waals surface area contributed by atoms with Crippen LogP contribution in [0, 0.1) is 5.92 Å². The second-order valence-corrected chi connectivity index (χ2v) is 8.87. The number of ether oxygens (including phenoxy) is 1. The summed E-state index contributed by atoms with van der Waals surface area (Å²) in [6.45, 7) is 6.62. The summed E-state index contributed by atoms with van der Waals surface area (Å²) in [5, 5.41) is 0. The third-order valence-electron chi connectivity index (χ3n) is 6.12. The van der Waals surface area contributed by atoms with Crippen molar-refractivity contribution in [3.63, 3.8) is 0 Å². The molecular formula is C19H28N2O2S. The Morgan fingerprint density at radius 2 is 2.25 bits per heavy atom. The molecule has 2 aliphatic heterocycles. The number of nitrogens with zero attached hydrogens (tertiary/aromatic N) is 2. The van der Waals surface area contributed by atoms with Crippen molar-refractivity contribution in [2.24, 2.45) is 5.92 Å². The summed E-state index contributed by atoms with van der Waals surface area (Å²) < 4.78 is 5.65. The zero-order valence-corrected chi connectivity index (χ0v) is 15.7. The van der Waals surface area contributed by atoms with Crippen molar-refractivity contribution in [1.29, 1.82) is 0 Å². The number of carbonyl (C=O) groups is 1. The molecular weight excluding hydrogens is 320 g/mol. The predicted octanol–water partition coefficient (Wildman–Crippen LogP) is 2.81. The first-order valence-electron chi connectivity index (χ1n) is 9.31. The Morgan fingerprint density at radius 3 is 3.00 bits per heavy atom. The molecule has 0 unspecified atom stereocenters. The summed E-state index contributed by atoms with van der Waals surface area (Å²) in [6.07, 6.45) is 5.95. The van der Waals surface area contributed by atoms with Crippen LogP contribution in [0.1, 0.15) is 46.3 Å². The molecule has 4 nitrogen and oxygen atoms in total. The average Bonchev–Trinajstić information content (AvgIpc) is 3.13. The van der Waals surface area contributed by atoms with Crippen LogP contribution in [0.3, 0.4) is 0 Å². The molecule has 3 heterocycles. The smallest absolute Gasteiger partial charge is 0.264 e. The number of thiophene rings is 1. The normalized spacial score (nSPS) is 25.8. The van der Waals surface area contributed by atoms with Gasteiger partial charge < -0.3 is 9.64 Å². The topological polar surface area (TPSA) is 32.8 Å². The van der Waals surface area contributed by atoms with Gasteiger partial charge in [-0.2, -0.15) is 0 Å². The molecule has 1 atom stereocenters. The van der Waals surface area contributed by atoms with Gasteiger partial charge in [0.2, 0.25) is 0 Å². The zero-order valence-electron chi connectivity index (χ0n) is 14.8. The van der Waals surface area contributed by atoms with E-state index in [-0.39, 0.29) is 11.4 Å². The number of amides is 1. The summed E-state index contributed by atoms with van der Waals surface area (Å²) in [5.74, 6) is 0.893. The molecule has 1 amide bonds. The van der Waals surface area contributed by atoms with Gasteiger partial charge in [0, 0.05) is 31.2 Å². The molecule has 0 saturated carbocycles. The Hall–Kier alpha value is -0.910. The molecule has 4 rings (SSSR count). The fraction of sp³-hybridized carbons (Fsp3) is 0.737. The van der Waals surface area contributed by atoms with Crippen LogP contribution in [-0.2, 0) is 17.6 Å². The Kier molecular flexibility index (Phi) is 4.43. The van der Waals surface area contributed by atoms with Crippen molar-refractivity contribution in [3.05, 3.63) is 21.4 Å². The van der Waals surface area contributed by atoms with Crippen molar-refractivity contribution in [2.75, 3.05) is 39.9 Å². The van der Waals surface area contributed by atoms with E-state index < -0.39 is 0 Å². The highest BCUT2D eigenvalue weighted by Gasteiger charge is 2.51. The van der Waals surface area contributed by atoms with Crippen LogP contribution in [0.25, 0.3) is 0 Å². The first-order valence-corrected chi connectivity index (χ1v) is 10.1. The number of piperidine rings is 1. The van der Waals surface area contributed by atoms with Crippen molar-refractivity contribution < 1.29 is 9.53 Å². The minimum atomic E-state index is 0.190. The van der Waals surface area contributed by atoms with Crippen molar-refractivity contribution in [1.82, 2.24) is 9.80 Å². The van der Waals surface area contributed by atoms with E-state index in [9.17, 15) is 4.79 Å². The maximum absolute atomic E-state index is 12.8. The average molecular weight is 349 g/mol. The fourth-order valence-electron chi connectivity index (χ4n) is 4.60. The van der Waals surface area contributed by atoms with Crippen LogP contribution in [0.4, 0.5) is 0 Å². The number of aryl methyl sites for hydroxylation is 2. The molecule has 1 aromatic heterocycles. The molecule has 5 heteroatoms. The summed E-state index contributed by atoms with van der Waals surface area (Å²) >= 11 is 1.73. The first kappa shape index (κ1) is 16.6. The zero-order chi connectivity index (χ0) is 16.7. The molecule has 2 fully saturated rings. The summed E-state index contributed by atoms with van der Waals surface area (Å²) in [7, 11) is 2.22. The minimum absolute atomic E-state index is 0.190. The van der Waals surface area contributed by atoms with E-state index in [1.165, 1.54) is 29.7 Å². The minimum Gasteiger partial charge on any atom is -0.381 e. The Labute approximate surface area is 148 Å². The second kappa shape index (κ2) is 6.43. The number of likely N-dealkylation sites (tertiary alicyclic amines) is 2. The predicted molar refractivity (Wildman–Crippen MR) is 96.8 cm³/mol. The van der Waals surface area contributed by atoms with Gasteiger partial charge in [0.05, 0.1) is 10.4 Å². The molecule has 0 aromatic carbocycles. The van der Waals surface area contributed by atoms with E-state index in [0.29, 0.717) is 5.92 Å². The highest BCUT2D eigenvalue weighted by Crippen LogP contribution is 2.40. The lowest BCUT2D eigenvalue weighted by Gasteiger charge is -2.58. The Balaban J connectivity index is 1.39. The van der Waals surface area contributed by atoms with Gasteiger partial charge in [0.1, 0.15) is 0 Å². The van der Waals surface area contributed by atoms with E-state index in [1.807, 2.05) is 0 Å². The van der Waals surface area contributed by atoms with Crippen molar-refractivity contribution in [3.8, 4) is 0 Å². The number of fused-ring (bicyclic) bond motifs is 1. The molecule has 2 saturated heterocycles. The molecule has 1 aliphatic carbocycles. The first-order chi connectivity index (χ1) is 11.6. The molecule has 1 aromatic rings. The van der Waals surface area contributed by atoms with Gasteiger partial charge in [-0.05, 0) is 70.2 Å². The number of likely N-dealkylation sites (N-methyl/N-ethyl adjacent to an activating group) is 1. The van der Waals surface area contributed by atoms with Crippen LogP contribution in [0.15, 0.2) is 6.07 Å². The van der Waals surface area contributed by atoms with Crippen LogP contribution in [-0.4, -0.2) is 61.1 Å². The van der Waals surface area contributed by atoms with Gasteiger partial charge in [-0.15, -0.1) is 11.3 Å². The number of rotatable bonds is 4. The summed E-state index contributed by atoms with van der Waals surface area (Å²) in [5.41, 5.74) is 1.61. The lowest BCUT2D eigenvalue weighted by molar-refractivity contribution is -0.0750. The van der Waals surface area contributed by atoms with Crippen LogP contribution < -0.4 is 0 Å². The van der Waals surface area contributed by atoms with Gasteiger partial charge in [0.25, 0.3) is 5.91 Å². The van der Waals surface area contributed by atoms with E-state index in [2.05, 4.69) is 29.8 Å². The van der Waals surface area contributed by atoms with E-state index in [0.717, 1.165) is 50.6 Å². The maximum Gasteiger partial charge on any atom is 0.264 e. The Morgan fingerprint density at radius 1 is 1.42 bits per heavy atom. The molecule has 132 valence electrons. The number of carbonyl (C=O) groups excluding carboxylic acids is 1. The molecule has 0 radical (unpaired) electrons. The Bertz CT molecular complexity index is 597. The number of hydrogen-bond acceptors (Lipinski definition) is 4. The SMILES string of the molecule is CCOC[C@H]1CCN(C)C2(C1)CN(C(=O)c1cc3c(s1)CCC3)C2. The van der Waals surface area contributed by atoms with Crippen molar-refractivity contribution in [2.45, 2.75) is 44.6 Å². The quantitative estimate of drug-likeness (QED) is 0.839. The number of hydrogen-bond donors (Lipinski definition) is 0. The van der Waals surface area contributed by atoms with Gasteiger partial charge in [0.15, 0.2) is 0 Å². The van der Waals surface area contributed by atoms with Crippen molar-refractivity contribution >= 4 is 17.2 Å². The highest BCUT2D eigenvalue weighted by molar-refractivity contribution is 7.14. The molecule has 0 N–H and O–H groups in total. The summed E-state index contributed by atoms with van der Waals surface area (Å²) in [6, 6.07) is 2.16. The van der Waals surface area contributed by atoms with Gasteiger partial charge in [-0.25, -0.2) is 0 Å². The van der Waals surface area contributed by atoms with Gasteiger partial charge in [-0.1, -0.05) is 0 Å². The molecule has 24 heavy (non-hydrogen) atoms. The second-order valence-electron chi connectivity index (χ2n) is 7.74. The van der Waals surface area contributed by atoms with E-state index in [4.69, 9.17) is 4.74 Å². The fourth-order valence-corrected chi connectivity index (χ4v) is 5.83. The molecule has 3 aliphatic rings. The standard InChI is InChI=1S/C19H28N2O2S/c1-3-23-11-14-7-8-20(2)19(10-14)12-21(13-19)18(22)17-9-15-5-4-6-16(15)24-17/h9,14H,3-8,10-13H2,1-2H3/t14-/m0/s1. The summed E-state index contributed by atoms with van der Waals surface area (Å²) in [4.78, 5) is 19.7. The van der Waals surface area contributed by atoms with E-state index in [1.54, 1.807) is 11.3 Å². The van der Waals surface area contributed by atoms with Gasteiger partial charge in [-0.3, -0.25) is 9.69 Å². The van der Waals surface area contributed by atoms with Crippen LogP contribution >= 0.6 is 11.3 Å². The largest absolute Gasteiger partial charge is 0.381 e. The maximum atomic E-state index is 12.8. The van der Waals surface area contributed by atoms with Crippen LogP contribution in [0.5, 0.6) is 0 Å². The third kappa shape index (κ3) is 2.80. The highest BCUT2D eigenvalue weighted by atomic mass is 32.1. The lowest BCUT2D eigenvalue weighted by atomic mass is 9.75. The molecule has 0 bridgehead atoms. The van der Waals surface area contributed by atoms with Crippen LogP contribution in [0.2, 0.25) is 0 Å².